The minimum Gasteiger partial charge on any atom is -0.466 e. The number of carbonyl (C=O) groups excluding carboxylic acids is 2. The topological polar surface area (TPSA) is 76.1 Å². The zero-order valence-electron chi connectivity index (χ0n) is 35.9. The zero-order chi connectivity index (χ0) is 38.5. The standard InChI is InChI=1S/C47H91NO5/c1-4-7-10-13-16-17-18-24-32-41-52-45(50)35-29-25-31-40-48(42-47(43-49)37-38-47)39-30-23-19-22-28-36-46(51)53-44(33-26-20-14-11-8-5-2)34-27-21-15-12-9-6-3/h44,49H,4-43H2,1-3H3. The molecule has 0 aromatic carbocycles. The third-order valence-electron chi connectivity index (χ3n) is 11.6. The fraction of sp³-hybridized carbons (Fsp3) is 0.957. The van der Waals surface area contributed by atoms with Crippen molar-refractivity contribution in [3.05, 3.63) is 0 Å². The maximum Gasteiger partial charge on any atom is 0.306 e. The number of hydrogen-bond donors (Lipinski definition) is 1. The number of unbranched alkanes of at least 4 members (excludes halogenated alkanes) is 24. The highest BCUT2D eigenvalue weighted by molar-refractivity contribution is 5.69. The first-order chi connectivity index (χ1) is 26.0. The Morgan fingerprint density at radius 2 is 0.925 bits per heavy atom. The molecule has 1 saturated carbocycles. The Kier molecular flexibility index (Phi) is 34.3. The average Bonchev–Trinajstić information content (AvgIpc) is 3.94. The minimum absolute atomic E-state index is 0.0175. The quantitative estimate of drug-likeness (QED) is 0.0495. The van der Waals surface area contributed by atoms with Gasteiger partial charge in [-0.1, -0.05) is 162 Å². The summed E-state index contributed by atoms with van der Waals surface area (Å²) in [7, 11) is 0. The fourth-order valence-corrected chi connectivity index (χ4v) is 7.69. The van der Waals surface area contributed by atoms with Gasteiger partial charge in [0.05, 0.1) is 6.61 Å². The molecule has 1 N–H and O–H groups in total. The first kappa shape index (κ1) is 49.9. The van der Waals surface area contributed by atoms with Crippen molar-refractivity contribution in [3.8, 4) is 0 Å². The average molecular weight is 750 g/mol. The van der Waals surface area contributed by atoms with Crippen LogP contribution in [0.1, 0.15) is 245 Å². The summed E-state index contributed by atoms with van der Waals surface area (Å²) >= 11 is 0. The third kappa shape index (κ3) is 31.7. The number of hydrogen-bond acceptors (Lipinski definition) is 6. The van der Waals surface area contributed by atoms with Gasteiger partial charge in [-0.25, -0.2) is 0 Å². The second-order valence-corrected chi connectivity index (χ2v) is 17.0. The maximum absolute atomic E-state index is 12.8. The molecule has 0 aromatic heterocycles. The SMILES string of the molecule is CCCCCCCCCCCOC(=O)CCCCCN(CCCCCCCC(=O)OC(CCCCCCCC)CCCCCCCC)CC1(CO)CC1. The molecule has 0 saturated heterocycles. The van der Waals surface area contributed by atoms with E-state index in [-0.39, 0.29) is 23.5 Å². The predicted octanol–water partition coefficient (Wildman–Crippen LogP) is 13.4. The highest BCUT2D eigenvalue weighted by Gasteiger charge is 2.43. The number of aliphatic hydroxyl groups is 1. The molecule has 0 amide bonds. The van der Waals surface area contributed by atoms with Gasteiger partial charge in [-0.15, -0.1) is 0 Å². The molecular formula is C47H91NO5. The molecule has 0 unspecified atom stereocenters. The van der Waals surface area contributed by atoms with Gasteiger partial charge in [-0.2, -0.15) is 0 Å². The van der Waals surface area contributed by atoms with Gasteiger partial charge in [0.1, 0.15) is 6.10 Å². The molecule has 0 spiro atoms. The summed E-state index contributed by atoms with van der Waals surface area (Å²) in [6.45, 7) is 10.8. The molecule has 0 bridgehead atoms. The number of esters is 2. The molecule has 6 nitrogen and oxygen atoms in total. The number of rotatable bonds is 42. The number of aliphatic hydroxyl groups excluding tert-OH is 1. The van der Waals surface area contributed by atoms with E-state index in [0.717, 1.165) is 96.7 Å². The van der Waals surface area contributed by atoms with Crippen LogP contribution in [0.15, 0.2) is 0 Å². The summed E-state index contributed by atoms with van der Waals surface area (Å²) in [6, 6.07) is 0. The van der Waals surface area contributed by atoms with E-state index in [9.17, 15) is 14.7 Å². The fourth-order valence-electron chi connectivity index (χ4n) is 7.69. The first-order valence-corrected chi connectivity index (χ1v) is 23.7. The van der Waals surface area contributed by atoms with Crippen molar-refractivity contribution in [2.45, 2.75) is 252 Å². The Bertz CT molecular complexity index is 799. The van der Waals surface area contributed by atoms with Crippen LogP contribution in [0.25, 0.3) is 0 Å². The van der Waals surface area contributed by atoms with Crippen LogP contribution in [0.4, 0.5) is 0 Å². The van der Waals surface area contributed by atoms with Crippen molar-refractivity contribution in [1.29, 1.82) is 0 Å². The Balaban J connectivity index is 2.20. The summed E-state index contributed by atoms with van der Waals surface area (Å²) < 4.78 is 11.5. The van der Waals surface area contributed by atoms with E-state index in [4.69, 9.17) is 9.47 Å². The highest BCUT2D eigenvalue weighted by atomic mass is 16.5. The highest BCUT2D eigenvalue weighted by Crippen LogP contribution is 2.45. The summed E-state index contributed by atoms with van der Waals surface area (Å²) in [4.78, 5) is 27.6. The molecule has 314 valence electrons. The van der Waals surface area contributed by atoms with Gasteiger partial charge in [0.2, 0.25) is 0 Å². The van der Waals surface area contributed by atoms with Gasteiger partial charge in [-0.3, -0.25) is 9.59 Å². The Hall–Kier alpha value is -1.14. The molecule has 0 heterocycles. The predicted molar refractivity (Wildman–Crippen MR) is 225 cm³/mol. The summed E-state index contributed by atoms with van der Waals surface area (Å²) in [6.07, 6.45) is 41.0. The summed E-state index contributed by atoms with van der Waals surface area (Å²) in [5.41, 5.74) is 0.126. The van der Waals surface area contributed by atoms with E-state index in [1.165, 1.54) is 135 Å². The van der Waals surface area contributed by atoms with Crippen LogP contribution >= 0.6 is 0 Å². The molecule has 0 aliphatic heterocycles. The lowest BCUT2D eigenvalue weighted by atomic mass is 10.0. The van der Waals surface area contributed by atoms with Crippen molar-refractivity contribution < 1.29 is 24.2 Å². The van der Waals surface area contributed by atoms with Crippen molar-refractivity contribution in [2.75, 3.05) is 32.8 Å². The molecule has 1 aliphatic carbocycles. The summed E-state index contributed by atoms with van der Waals surface area (Å²) in [5, 5.41) is 9.96. The van der Waals surface area contributed by atoms with Crippen LogP contribution in [-0.2, 0) is 19.1 Å². The van der Waals surface area contributed by atoms with Crippen LogP contribution < -0.4 is 0 Å². The maximum atomic E-state index is 12.8. The van der Waals surface area contributed by atoms with E-state index in [1.54, 1.807) is 0 Å². The van der Waals surface area contributed by atoms with Crippen molar-refractivity contribution in [2.24, 2.45) is 5.41 Å². The number of ether oxygens (including phenoxy) is 2. The minimum atomic E-state index is -0.0342. The van der Waals surface area contributed by atoms with E-state index in [2.05, 4.69) is 25.7 Å². The van der Waals surface area contributed by atoms with E-state index >= 15 is 0 Å². The molecule has 0 aromatic rings. The zero-order valence-corrected chi connectivity index (χ0v) is 35.9. The normalized spacial score (nSPS) is 13.6. The Morgan fingerprint density at radius 3 is 1.40 bits per heavy atom. The lowest BCUT2D eigenvalue weighted by Crippen LogP contribution is -2.34. The first-order valence-electron chi connectivity index (χ1n) is 23.7. The van der Waals surface area contributed by atoms with Crippen molar-refractivity contribution in [3.63, 3.8) is 0 Å². The van der Waals surface area contributed by atoms with Gasteiger partial charge < -0.3 is 19.5 Å². The van der Waals surface area contributed by atoms with E-state index in [1.807, 2.05) is 0 Å². The largest absolute Gasteiger partial charge is 0.466 e. The van der Waals surface area contributed by atoms with Gasteiger partial charge in [0.15, 0.2) is 0 Å². The van der Waals surface area contributed by atoms with Gasteiger partial charge in [0.25, 0.3) is 0 Å². The Morgan fingerprint density at radius 1 is 0.528 bits per heavy atom. The smallest absolute Gasteiger partial charge is 0.306 e. The molecule has 0 atom stereocenters. The molecular weight excluding hydrogens is 659 g/mol. The van der Waals surface area contributed by atoms with Crippen LogP contribution in [-0.4, -0.2) is 60.9 Å². The van der Waals surface area contributed by atoms with Gasteiger partial charge in [0, 0.05) is 31.4 Å². The molecule has 53 heavy (non-hydrogen) atoms. The van der Waals surface area contributed by atoms with Crippen LogP contribution in [0.3, 0.4) is 0 Å². The molecule has 1 aliphatic rings. The number of carbonyl (C=O) groups is 2. The molecule has 0 radical (unpaired) electrons. The lowest BCUT2D eigenvalue weighted by molar-refractivity contribution is -0.150. The van der Waals surface area contributed by atoms with Crippen LogP contribution in [0.2, 0.25) is 0 Å². The second kappa shape index (κ2) is 36.5. The molecule has 1 rings (SSSR count). The monoisotopic (exact) mass is 750 g/mol. The van der Waals surface area contributed by atoms with Gasteiger partial charge in [-0.05, 0) is 83.7 Å². The van der Waals surface area contributed by atoms with Gasteiger partial charge >= 0.3 is 11.9 Å². The van der Waals surface area contributed by atoms with E-state index in [0.29, 0.717) is 26.1 Å². The second-order valence-electron chi connectivity index (χ2n) is 17.0. The van der Waals surface area contributed by atoms with Crippen LogP contribution in [0, 0.1) is 5.41 Å². The lowest BCUT2D eigenvalue weighted by Gasteiger charge is -2.26. The van der Waals surface area contributed by atoms with Crippen molar-refractivity contribution in [1.82, 2.24) is 4.90 Å². The summed E-state index contributed by atoms with van der Waals surface area (Å²) in [5.74, 6) is -0.0167. The third-order valence-corrected chi connectivity index (χ3v) is 11.6. The molecule has 1 fully saturated rings. The number of nitrogens with zero attached hydrogens (tertiary/aromatic N) is 1. The van der Waals surface area contributed by atoms with Crippen molar-refractivity contribution >= 4 is 11.9 Å². The van der Waals surface area contributed by atoms with E-state index < -0.39 is 0 Å². The van der Waals surface area contributed by atoms with Crippen LogP contribution in [0.5, 0.6) is 0 Å². The Labute approximate surface area is 330 Å². The molecule has 6 heteroatoms.